The summed E-state index contributed by atoms with van der Waals surface area (Å²) in [7, 11) is -4.00. The molecule has 0 amide bonds. The summed E-state index contributed by atoms with van der Waals surface area (Å²) < 4.78 is 41.6. The molecule has 4 aromatic rings. The second-order valence-electron chi connectivity index (χ2n) is 7.38. The van der Waals surface area contributed by atoms with Crippen LogP contribution in [0.5, 0.6) is 11.5 Å². The van der Waals surface area contributed by atoms with Crippen molar-refractivity contribution in [3.8, 4) is 11.5 Å². The highest BCUT2D eigenvalue weighted by Crippen LogP contribution is 2.35. The minimum atomic E-state index is -4.00. The van der Waals surface area contributed by atoms with E-state index in [2.05, 4.69) is 30.2 Å². The number of tetrazole rings is 1. The van der Waals surface area contributed by atoms with E-state index in [0.717, 1.165) is 11.8 Å². The van der Waals surface area contributed by atoms with Crippen molar-refractivity contribution < 1.29 is 17.9 Å². The lowest BCUT2D eigenvalue weighted by Crippen LogP contribution is -2.18. The van der Waals surface area contributed by atoms with Gasteiger partial charge in [-0.3, -0.25) is 4.72 Å². The molecular formula is C20H19N7O4S2. The number of nitrogens with one attached hydrogen (secondary N) is 1. The van der Waals surface area contributed by atoms with Crippen LogP contribution < -0.4 is 14.2 Å². The van der Waals surface area contributed by atoms with Crippen molar-refractivity contribution in [2.24, 2.45) is 0 Å². The average molecular weight is 486 g/mol. The van der Waals surface area contributed by atoms with Gasteiger partial charge in [0, 0.05) is 6.07 Å². The summed E-state index contributed by atoms with van der Waals surface area (Å²) in [4.78, 5) is 9.16. The fourth-order valence-electron chi connectivity index (χ4n) is 3.16. The number of hydrogen-bond acceptors (Lipinski definition) is 10. The highest BCUT2D eigenvalue weighted by molar-refractivity contribution is 7.99. The van der Waals surface area contributed by atoms with E-state index in [1.807, 2.05) is 26.0 Å². The predicted molar refractivity (Wildman–Crippen MR) is 120 cm³/mol. The monoisotopic (exact) mass is 485 g/mol. The number of para-hydroxylation sites is 2. The van der Waals surface area contributed by atoms with E-state index in [-0.39, 0.29) is 16.8 Å². The third kappa shape index (κ3) is 4.28. The molecular weight excluding hydrogens is 466 g/mol. The highest BCUT2D eigenvalue weighted by Gasteiger charge is 2.23. The summed E-state index contributed by atoms with van der Waals surface area (Å²) in [5.74, 6) is 0.953. The van der Waals surface area contributed by atoms with Crippen LogP contribution in [0.15, 0.2) is 57.5 Å². The minimum absolute atomic E-state index is 0.00812. The van der Waals surface area contributed by atoms with E-state index in [4.69, 9.17) is 9.47 Å². The quantitative estimate of drug-likeness (QED) is 0.434. The third-order valence-corrected chi connectivity index (χ3v) is 7.00. The molecule has 0 saturated carbocycles. The molecule has 13 heteroatoms. The molecule has 11 nitrogen and oxygen atoms in total. The Labute approximate surface area is 193 Å². The number of nitrogens with zero attached hydrogens (tertiary/aromatic N) is 6. The van der Waals surface area contributed by atoms with Crippen LogP contribution in [0.1, 0.15) is 19.9 Å². The second kappa shape index (κ2) is 8.48. The maximum absolute atomic E-state index is 13.2. The molecule has 0 aliphatic carbocycles. The summed E-state index contributed by atoms with van der Waals surface area (Å²) in [6.07, 6.45) is 0. The molecule has 3 heterocycles. The number of rotatable bonds is 6. The molecule has 2 aromatic carbocycles. The largest absolute Gasteiger partial charge is 0.486 e. The highest BCUT2D eigenvalue weighted by atomic mass is 32.2. The number of benzene rings is 2. The van der Waals surface area contributed by atoms with Crippen molar-refractivity contribution in [3.63, 3.8) is 0 Å². The van der Waals surface area contributed by atoms with E-state index in [1.165, 1.54) is 12.1 Å². The first-order chi connectivity index (χ1) is 15.9. The van der Waals surface area contributed by atoms with Crippen molar-refractivity contribution in [1.29, 1.82) is 0 Å². The lowest BCUT2D eigenvalue weighted by atomic mass is 10.3. The zero-order valence-electron chi connectivity index (χ0n) is 17.7. The molecule has 0 bridgehead atoms. The van der Waals surface area contributed by atoms with Crippen molar-refractivity contribution in [1.82, 2.24) is 30.2 Å². The van der Waals surface area contributed by atoms with Crippen LogP contribution in [0.2, 0.25) is 0 Å². The van der Waals surface area contributed by atoms with Gasteiger partial charge < -0.3 is 9.47 Å². The zero-order valence-corrected chi connectivity index (χ0v) is 19.3. The molecule has 170 valence electrons. The van der Waals surface area contributed by atoms with Gasteiger partial charge in [0.05, 0.1) is 22.0 Å². The molecule has 0 saturated heterocycles. The van der Waals surface area contributed by atoms with Gasteiger partial charge in [0.2, 0.25) is 5.16 Å². The van der Waals surface area contributed by atoms with Crippen molar-refractivity contribution >= 4 is 38.6 Å². The molecule has 1 aliphatic heterocycles. The minimum Gasteiger partial charge on any atom is -0.486 e. The number of sulfonamides is 1. The zero-order chi connectivity index (χ0) is 23.0. The maximum atomic E-state index is 13.2. The van der Waals surface area contributed by atoms with Crippen LogP contribution in [0.3, 0.4) is 0 Å². The first kappa shape index (κ1) is 21.4. The van der Waals surface area contributed by atoms with Crippen molar-refractivity contribution in [3.05, 3.63) is 42.5 Å². The molecule has 1 aliphatic rings. The Hall–Kier alpha value is -3.45. The van der Waals surface area contributed by atoms with Gasteiger partial charge in [0.15, 0.2) is 17.3 Å². The topological polar surface area (TPSA) is 134 Å². The SMILES string of the molecule is CC(C)n1nnnc1Sc1nc2ccccc2nc1NS(=O)(=O)c1ccc2c(c1)OCCO2. The first-order valence-corrected chi connectivity index (χ1v) is 12.4. The smallest absolute Gasteiger partial charge is 0.263 e. The van der Waals surface area contributed by atoms with Crippen LogP contribution in [0.25, 0.3) is 11.0 Å². The van der Waals surface area contributed by atoms with Crippen molar-refractivity contribution in [2.45, 2.75) is 35.0 Å². The Bertz CT molecular complexity index is 1440. The molecule has 1 N–H and O–H groups in total. The van der Waals surface area contributed by atoms with Crippen LogP contribution in [-0.4, -0.2) is 51.8 Å². The fourth-order valence-corrected chi connectivity index (χ4v) is 5.18. The van der Waals surface area contributed by atoms with E-state index < -0.39 is 10.0 Å². The van der Waals surface area contributed by atoms with Gasteiger partial charge in [0.25, 0.3) is 10.0 Å². The number of ether oxygens (including phenoxy) is 2. The lowest BCUT2D eigenvalue weighted by Gasteiger charge is -2.19. The Morgan fingerprint density at radius 3 is 2.52 bits per heavy atom. The van der Waals surface area contributed by atoms with Crippen molar-refractivity contribution in [2.75, 3.05) is 17.9 Å². The first-order valence-electron chi connectivity index (χ1n) is 10.1. The molecule has 0 unspecified atom stereocenters. The molecule has 0 fully saturated rings. The Kier molecular flexibility index (Phi) is 5.50. The summed E-state index contributed by atoms with van der Waals surface area (Å²) >= 11 is 1.13. The van der Waals surface area contributed by atoms with Gasteiger partial charge in [0.1, 0.15) is 18.2 Å². The number of anilines is 1. The Morgan fingerprint density at radius 2 is 1.76 bits per heavy atom. The molecule has 2 aromatic heterocycles. The maximum Gasteiger partial charge on any atom is 0.263 e. The number of hydrogen-bond donors (Lipinski definition) is 1. The summed E-state index contributed by atoms with van der Waals surface area (Å²) in [5.41, 5.74) is 1.16. The molecule has 33 heavy (non-hydrogen) atoms. The van der Waals surface area contributed by atoms with Gasteiger partial charge in [-0.25, -0.2) is 23.1 Å². The number of aromatic nitrogens is 6. The molecule has 0 spiro atoms. The van der Waals surface area contributed by atoms with Crippen LogP contribution in [-0.2, 0) is 10.0 Å². The molecule has 5 rings (SSSR count). The fraction of sp³-hybridized carbons (Fsp3) is 0.250. The van der Waals surface area contributed by atoms with Gasteiger partial charge in [-0.15, -0.1) is 5.10 Å². The van der Waals surface area contributed by atoms with Crippen LogP contribution in [0.4, 0.5) is 5.82 Å². The third-order valence-electron chi connectivity index (χ3n) is 4.73. The average Bonchev–Trinajstić information content (AvgIpc) is 3.27. The van der Waals surface area contributed by atoms with E-state index in [1.54, 1.807) is 22.9 Å². The lowest BCUT2D eigenvalue weighted by molar-refractivity contribution is 0.171. The molecule has 0 atom stereocenters. The van der Waals surface area contributed by atoms with E-state index in [0.29, 0.717) is 45.9 Å². The van der Waals surface area contributed by atoms with Crippen LogP contribution in [0, 0.1) is 0 Å². The normalized spacial score (nSPS) is 13.4. The summed E-state index contributed by atoms with van der Waals surface area (Å²) in [6, 6.07) is 11.7. The second-order valence-corrected chi connectivity index (χ2v) is 10.0. The van der Waals surface area contributed by atoms with Gasteiger partial charge in [-0.05, 0) is 60.3 Å². The van der Waals surface area contributed by atoms with Crippen LogP contribution >= 0.6 is 11.8 Å². The summed E-state index contributed by atoms with van der Waals surface area (Å²) in [5, 5.41) is 12.6. The van der Waals surface area contributed by atoms with E-state index >= 15 is 0 Å². The van der Waals surface area contributed by atoms with Gasteiger partial charge in [-0.1, -0.05) is 12.1 Å². The van der Waals surface area contributed by atoms with Gasteiger partial charge in [-0.2, -0.15) is 0 Å². The summed E-state index contributed by atoms with van der Waals surface area (Å²) in [6.45, 7) is 4.65. The standard InChI is InChI=1S/C20H19N7O4S2/c1-12(2)27-20(23-25-26-27)32-19-18(21-14-5-3-4-6-15(14)22-19)24-33(28,29)13-7-8-16-17(11-13)31-10-9-30-16/h3-8,11-12H,9-10H2,1-2H3,(H,21,24). The molecule has 0 radical (unpaired) electrons. The predicted octanol–water partition coefficient (Wildman–Crippen LogP) is 2.92. The van der Waals surface area contributed by atoms with Gasteiger partial charge >= 0.3 is 0 Å². The van der Waals surface area contributed by atoms with E-state index in [9.17, 15) is 8.42 Å². The Balaban J connectivity index is 1.55. The number of fused-ring (bicyclic) bond motifs is 2. The Morgan fingerprint density at radius 1 is 1.03 bits per heavy atom.